The zero-order chi connectivity index (χ0) is 21.0. The van der Waals surface area contributed by atoms with Crippen molar-refractivity contribution in [2.75, 3.05) is 18.9 Å². The van der Waals surface area contributed by atoms with Crippen LogP contribution in [-0.4, -0.2) is 36.7 Å². The molecule has 3 aromatic rings. The highest BCUT2D eigenvalue weighted by Crippen LogP contribution is 2.27. The fourth-order valence-corrected chi connectivity index (χ4v) is 3.29. The maximum Gasteiger partial charge on any atom is 0.267 e. The second-order valence-corrected chi connectivity index (χ2v) is 6.34. The number of nitrogens with one attached hydrogen (secondary N) is 2. The van der Waals surface area contributed by atoms with Crippen LogP contribution in [0.25, 0.3) is 10.9 Å². The van der Waals surface area contributed by atoms with Crippen LogP contribution in [0.3, 0.4) is 0 Å². The van der Waals surface area contributed by atoms with E-state index < -0.39 is 5.82 Å². The summed E-state index contributed by atoms with van der Waals surface area (Å²) in [5.74, 6) is -0.907. The third-order valence-corrected chi connectivity index (χ3v) is 4.62. The van der Waals surface area contributed by atoms with Gasteiger partial charge in [-0.25, -0.2) is 4.39 Å². The molecule has 0 saturated carbocycles. The molecule has 0 aliphatic carbocycles. The largest absolute Gasteiger partial charge is 0.351 e. The number of hydrogen-bond acceptors (Lipinski definition) is 4. The normalized spacial score (nSPS) is 12.9. The Morgan fingerprint density at radius 2 is 2.03 bits per heavy atom. The van der Waals surface area contributed by atoms with Crippen LogP contribution >= 0.6 is 0 Å². The van der Waals surface area contributed by atoms with E-state index in [0.717, 1.165) is 17.3 Å². The molecular formula is C21H22FN5O2. The molecule has 8 heteroatoms. The van der Waals surface area contributed by atoms with Gasteiger partial charge in [-0.1, -0.05) is 6.07 Å². The molecule has 1 aromatic heterocycles. The van der Waals surface area contributed by atoms with Gasteiger partial charge in [0, 0.05) is 35.6 Å². The van der Waals surface area contributed by atoms with Gasteiger partial charge in [-0.2, -0.15) is 0 Å². The van der Waals surface area contributed by atoms with E-state index >= 15 is 0 Å². The summed E-state index contributed by atoms with van der Waals surface area (Å²) in [6, 6.07) is 11.0. The number of aryl methyl sites for hydroxylation is 1. The second kappa shape index (κ2) is 8.66. The summed E-state index contributed by atoms with van der Waals surface area (Å²) in [7, 11) is 1.50. The van der Waals surface area contributed by atoms with Crippen LogP contribution in [0.2, 0.25) is 0 Å². The maximum atomic E-state index is 13.3. The van der Waals surface area contributed by atoms with Crippen molar-refractivity contribution in [3.63, 3.8) is 0 Å². The van der Waals surface area contributed by atoms with Crippen molar-refractivity contribution >= 4 is 40.8 Å². The first-order chi connectivity index (χ1) is 14.1. The van der Waals surface area contributed by atoms with E-state index in [1.54, 1.807) is 12.1 Å². The SMILES string of the molecule is C=Nc1cc(F)ccc1NC(=O)c1ccc2cc3n(c2c1)CCCNC3=O.CN. The van der Waals surface area contributed by atoms with Gasteiger partial charge in [-0.3, -0.25) is 14.6 Å². The first kappa shape index (κ1) is 20.2. The Morgan fingerprint density at radius 1 is 1.24 bits per heavy atom. The number of rotatable bonds is 3. The zero-order valence-corrected chi connectivity index (χ0v) is 16.0. The van der Waals surface area contributed by atoms with Crippen molar-refractivity contribution in [1.82, 2.24) is 9.88 Å². The molecule has 0 radical (unpaired) electrons. The lowest BCUT2D eigenvalue weighted by molar-refractivity contribution is 0.0950. The number of aliphatic imine (C=N–C) groups is 1. The van der Waals surface area contributed by atoms with Gasteiger partial charge >= 0.3 is 0 Å². The molecule has 29 heavy (non-hydrogen) atoms. The fourth-order valence-electron chi connectivity index (χ4n) is 3.29. The minimum absolute atomic E-state index is 0.109. The Labute approximate surface area is 167 Å². The third-order valence-electron chi connectivity index (χ3n) is 4.62. The smallest absolute Gasteiger partial charge is 0.267 e. The van der Waals surface area contributed by atoms with E-state index in [1.807, 2.05) is 16.7 Å². The van der Waals surface area contributed by atoms with E-state index in [0.29, 0.717) is 30.0 Å². The van der Waals surface area contributed by atoms with E-state index in [9.17, 15) is 14.0 Å². The summed E-state index contributed by atoms with van der Waals surface area (Å²) in [6.07, 6.45) is 0.822. The number of carbonyl (C=O) groups is 2. The second-order valence-electron chi connectivity index (χ2n) is 6.34. The number of fused-ring (bicyclic) bond motifs is 3. The van der Waals surface area contributed by atoms with Crippen LogP contribution in [-0.2, 0) is 6.54 Å². The number of carbonyl (C=O) groups excluding carboxylic acids is 2. The molecule has 7 nitrogen and oxygen atoms in total. The van der Waals surface area contributed by atoms with Crippen molar-refractivity contribution in [1.29, 1.82) is 0 Å². The standard InChI is InChI=1S/C20H17FN4O2.CH5N/c1-22-16-11-14(21)5-6-15(16)24-19(26)13-4-3-12-9-18-20(27)23-7-2-8-25(18)17(12)10-13;1-2/h3-6,9-11H,1-2,7-8H2,(H,23,27)(H,24,26);2H2,1H3. The van der Waals surface area contributed by atoms with Crippen LogP contribution in [0.5, 0.6) is 0 Å². The lowest BCUT2D eigenvalue weighted by atomic mass is 10.1. The minimum atomic E-state index is -0.453. The summed E-state index contributed by atoms with van der Waals surface area (Å²) < 4.78 is 15.3. The van der Waals surface area contributed by atoms with Crippen LogP contribution in [0, 0.1) is 5.82 Å². The van der Waals surface area contributed by atoms with Crippen molar-refractivity contribution in [3.8, 4) is 0 Å². The Morgan fingerprint density at radius 3 is 2.79 bits per heavy atom. The predicted octanol–water partition coefficient (Wildman–Crippen LogP) is 3.07. The molecule has 0 fully saturated rings. The van der Waals surface area contributed by atoms with Gasteiger partial charge in [-0.05, 0) is 50.5 Å². The summed E-state index contributed by atoms with van der Waals surface area (Å²) in [6.45, 7) is 4.73. The molecule has 150 valence electrons. The van der Waals surface area contributed by atoms with E-state index in [4.69, 9.17) is 0 Å². The quantitative estimate of drug-likeness (QED) is 0.594. The number of nitrogens with zero attached hydrogens (tertiary/aromatic N) is 2. The van der Waals surface area contributed by atoms with Gasteiger partial charge in [0.1, 0.15) is 11.5 Å². The van der Waals surface area contributed by atoms with E-state index in [1.165, 1.54) is 25.2 Å². The number of hydrogen-bond donors (Lipinski definition) is 3. The lowest BCUT2D eigenvalue weighted by Gasteiger charge is -2.09. The van der Waals surface area contributed by atoms with Crippen molar-refractivity contribution in [2.45, 2.75) is 13.0 Å². The molecule has 4 rings (SSSR count). The van der Waals surface area contributed by atoms with Gasteiger partial charge < -0.3 is 20.9 Å². The molecule has 2 aromatic carbocycles. The third kappa shape index (κ3) is 4.02. The van der Waals surface area contributed by atoms with Gasteiger partial charge in [0.05, 0.1) is 11.4 Å². The average molecular weight is 395 g/mol. The molecule has 1 aliphatic rings. The molecule has 0 unspecified atom stereocenters. The van der Waals surface area contributed by atoms with Gasteiger partial charge in [0.25, 0.3) is 11.8 Å². The predicted molar refractivity (Wildman–Crippen MR) is 113 cm³/mol. The lowest BCUT2D eigenvalue weighted by Crippen LogP contribution is -2.22. The number of aromatic nitrogens is 1. The molecule has 2 amide bonds. The van der Waals surface area contributed by atoms with Crippen molar-refractivity contribution < 1.29 is 14.0 Å². The van der Waals surface area contributed by atoms with Crippen LogP contribution in [0.15, 0.2) is 47.5 Å². The van der Waals surface area contributed by atoms with E-state index in [2.05, 4.69) is 28.1 Å². The number of benzene rings is 2. The van der Waals surface area contributed by atoms with Crippen molar-refractivity contribution in [3.05, 3.63) is 59.5 Å². The topological polar surface area (TPSA) is 102 Å². The number of nitrogens with two attached hydrogens (primary N) is 1. The van der Waals surface area contributed by atoms with Gasteiger partial charge in [0.2, 0.25) is 0 Å². The van der Waals surface area contributed by atoms with Crippen LogP contribution in [0.4, 0.5) is 15.8 Å². The maximum absolute atomic E-state index is 13.3. The summed E-state index contributed by atoms with van der Waals surface area (Å²) in [5, 5.41) is 6.50. The highest BCUT2D eigenvalue weighted by molar-refractivity contribution is 6.08. The Kier molecular flexibility index (Phi) is 6.04. The summed E-state index contributed by atoms with van der Waals surface area (Å²) in [5.41, 5.74) is 7.00. The Bertz CT molecular complexity index is 1090. The Balaban J connectivity index is 0.00000117. The molecular weight excluding hydrogens is 373 g/mol. The summed E-state index contributed by atoms with van der Waals surface area (Å²) in [4.78, 5) is 28.6. The Hall–Kier alpha value is -3.52. The molecule has 4 N–H and O–H groups in total. The van der Waals surface area contributed by atoms with Gasteiger partial charge in [0.15, 0.2) is 0 Å². The highest BCUT2D eigenvalue weighted by Gasteiger charge is 2.19. The first-order valence-corrected chi connectivity index (χ1v) is 9.13. The first-order valence-electron chi connectivity index (χ1n) is 9.13. The van der Waals surface area contributed by atoms with Crippen LogP contribution < -0.4 is 16.4 Å². The monoisotopic (exact) mass is 395 g/mol. The number of halogens is 1. The van der Waals surface area contributed by atoms with E-state index in [-0.39, 0.29) is 17.5 Å². The molecule has 0 bridgehead atoms. The number of anilines is 1. The number of amides is 2. The molecule has 2 heterocycles. The zero-order valence-electron chi connectivity index (χ0n) is 16.0. The molecule has 0 atom stereocenters. The fraction of sp³-hybridized carbons (Fsp3) is 0.190. The molecule has 0 saturated heterocycles. The highest BCUT2D eigenvalue weighted by atomic mass is 19.1. The average Bonchev–Trinajstić information content (AvgIpc) is 3.01. The van der Waals surface area contributed by atoms with Crippen LogP contribution in [0.1, 0.15) is 27.3 Å². The molecule has 0 spiro atoms. The van der Waals surface area contributed by atoms with Crippen molar-refractivity contribution in [2.24, 2.45) is 10.7 Å². The minimum Gasteiger partial charge on any atom is -0.351 e. The molecule has 1 aliphatic heterocycles. The van der Waals surface area contributed by atoms with Gasteiger partial charge in [-0.15, -0.1) is 0 Å². The summed E-state index contributed by atoms with van der Waals surface area (Å²) >= 11 is 0.